The van der Waals surface area contributed by atoms with Gasteiger partial charge < -0.3 is 10.8 Å². The van der Waals surface area contributed by atoms with E-state index in [0.29, 0.717) is 0 Å². The van der Waals surface area contributed by atoms with E-state index in [1.54, 1.807) is 6.07 Å². The van der Waals surface area contributed by atoms with Gasteiger partial charge in [-0.3, -0.25) is 0 Å². The molecule has 1 aliphatic carbocycles. The van der Waals surface area contributed by atoms with E-state index in [1.165, 1.54) is 25.1 Å². The molecule has 1 aromatic carbocycles. The van der Waals surface area contributed by atoms with Crippen molar-refractivity contribution in [2.45, 2.75) is 37.3 Å². The van der Waals surface area contributed by atoms with Gasteiger partial charge in [-0.15, -0.1) is 0 Å². The molecular weight excluding hydrogens is 243 g/mol. The second kappa shape index (κ2) is 4.24. The summed E-state index contributed by atoms with van der Waals surface area (Å²) in [4.78, 5) is 0. The first-order chi connectivity index (χ1) is 8.24. The fourth-order valence-electron chi connectivity index (χ4n) is 2.70. The van der Waals surface area contributed by atoms with Crippen LogP contribution in [0.2, 0.25) is 0 Å². The first-order valence-corrected chi connectivity index (χ1v) is 5.84. The second-order valence-electron chi connectivity index (χ2n) is 5.20. The second-order valence-corrected chi connectivity index (χ2v) is 5.20. The Balaban J connectivity index is 2.35. The van der Waals surface area contributed by atoms with E-state index in [0.717, 1.165) is 0 Å². The minimum Gasteiger partial charge on any atom is -0.393 e. The maximum absolute atomic E-state index is 13.7. The Morgan fingerprint density at radius 2 is 1.94 bits per heavy atom. The number of hydrogen-bond acceptors (Lipinski definition) is 2. The van der Waals surface area contributed by atoms with Gasteiger partial charge in [0.05, 0.1) is 6.10 Å². The van der Waals surface area contributed by atoms with E-state index in [4.69, 9.17) is 5.73 Å². The maximum Gasteiger partial charge on any atom is 0.251 e. The summed E-state index contributed by atoms with van der Waals surface area (Å²) < 4.78 is 40.3. The third-order valence-corrected chi connectivity index (χ3v) is 3.72. The number of hydrogen-bond donors (Lipinski definition) is 2. The molecule has 3 unspecified atom stereocenters. The Hall–Kier alpha value is -1.07. The lowest BCUT2D eigenvalue weighted by Crippen LogP contribution is -2.45. The molecule has 0 aliphatic heterocycles. The minimum atomic E-state index is -2.93. The van der Waals surface area contributed by atoms with Crippen LogP contribution < -0.4 is 5.73 Å². The summed E-state index contributed by atoms with van der Waals surface area (Å²) in [6.45, 7) is 1.49. The number of rotatable bonds is 2. The van der Waals surface area contributed by atoms with E-state index in [2.05, 4.69) is 0 Å². The number of alkyl halides is 2. The highest BCUT2D eigenvalue weighted by Crippen LogP contribution is 2.46. The van der Waals surface area contributed by atoms with E-state index < -0.39 is 42.1 Å². The number of halogens is 3. The molecule has 18 heavy (non-hydrogen) atoms. The third kappa shape index (κ3) is 2.24. The Morgan fingerprint density at radius 3 is 2.44 bits per heavy atom. The van der Waals surface area contributed by atoms with Crippen LogP contribution in [0.1, 0.15) is 25.3 Å². The quantitative estimate of drug-likeness (QED) is 0.856. The average molecular weight is 259 g/mol. The topological polar surface area (TPSA) is 46.2 Å². The molecule has 2 nitrogen and oxygen atoms in total. The number of aliphatic hydroxyl groups excluding tert-OH is 1. The predicted molar refractivity (Wildman–Crippen MR) is 61.6 cm³/mol. The molecule has 100 valence electrons. The number of aliphatic hydroxyl groups is 1. The van der Waals surface area contributed by atoms with Gasteiger partial charge in [0.2, 0.25) is 0 Å². The fourth-order valence-corrected chi connectivity index (χ4v) is 2.70. The lowest BCUT2D eigenvalue weighted by Gasteiger charge is -2.34. The van der Waals surface area contributed by atoms with Crippen LogP contribution in [0.3, 0.4) is 0 Å². The van der Waals surface area contributed by atoms with Crippen molar-refractivity contribution in [2.24, 2.45) is 11.7 Å². The van der Waals surface area contributed by atoms with Crippen LogP contribution in [-0.2, 0) is 5.54 Å². The Kier molecular flexibility index (Phi) is 3.15. The number of nitrogens with two attached hydrogens (primary N) is 1. The summed E-state index contributed by atoms with van der Waals surface area (Å²) in [6.07, 6.45) is -2.34. The first-order valence-electron chi connectivity index (χ1n) is 5.84. The Labute approximate surface area is 104 Å². The largest absolute Gasteiger partial charge is 0.393 e. The zero-order valence-corrected chi connectivity index (χ0v) is 10.0. The third-order valence-electron chi connectivity index (χ3n) is 3.72. The van der Waals surface area contributed by atoms with Crippen LogP contribution in [0.25, 0.3) is 0 Å². The molecule has 0 amide bonds. The SMILES string of the molecule is CC(N)(c1ccccc1F)C1CC(F)(F)CC1O. The molecule has 0 bridgehead atoms. The molecule has 5 heteroatoms. The summed E-state index contributed by atoms with van der Waals surface area (Å²) in [5, 5.41) is 9.73. The zero-order valence-electron chi connectivity index (χ0n) is 10.0. The summed E-state index contributed by atoms with van der Waals surface area (Å²) in [7, 11) is 0. The molecule has 1 saturated carbocycles. The predicted octanol–water partition coefficient (Wildman–Crippen LogP) is 2.41. The van der Waals surface area contributed by atoms with Gasteiger partial charge >= 0.3 is 0 Å². The van der Waals surface area contributed by atoms with Gasteiger partial charge in [0, 0.05) is 29.9 Å². The van der Waals surface area contributed by atoms with E-state index in [1.807, 2.05) is 0 Å². The van der Waals surface area contributed by atoms with Crippen molar-refractivity contribution in [3.05, 3.63) is 35.6 Å². The minimum absolute atomic E-state index is 0.159. The normalized spacial score (nSPS) is 30.1. The van der Waals surface area contributed by atoms with Crippen molar-refractivity contribution < 1.29 is 18.3 Å². The summed E-state index contributed by atoms with van der Waals surface area (Å²) in [5.41, 5.74) is 4.87. The highest BCUT2D eigenvalue weighted by atomic mass is 19.3. The maximum atomic E-state index is 13.7. The van der Waals surface area contributed by atoms with Crippen LogP contribution in [0.5, 0.6) is 0 Å². The molecule has 1 aliphatic rings. The van der Waals surface area contributed by atoms with Crippen LogP contribution in [0, 0.1) is 11.7 Å². The standard InChI is InChI=1S/C13H16F3NO/c1-12(17,8-4-2-3-5-10(8)14)9-6-13(15,16)7-11(9)18/h2-5,9,11,18H,6-7,17H2,1H3. The fraction of sp³-hybridized carbons (Fsp3) is 0.538. The van der Waals surface area contributed by atoms with Gasteiger partial charge in [0.25, 0.3) is 5.92 Å². The van der Waals surface area contributed by atoms with Crippen molar-refractivity contribution in [3.8, 4) is 0 Å². The molecule has 1 aromatic rings. The smallest absolute Gasteiger partial charge is 0.251 e. The van der Waals surface area contributed by atoms with Crippen molar-refractivity contribution in [3.63, 3.8) is 0 Å². The van der Waals surface area contributed by atoms with Crippen LogP contribution in [0.4, 0.5) is 13.2 Å². The van der Waals surface area contributed by atoms with E-state index in [-0.39, 0.29) is 5.56 Å². The van der Waals surface area contributed by atoms with Crippen LogP contribution >= 0.6 is 0 Å². The van der Waals surface area contributed by atoms with Crippen molar-refractivity contribution in [1.29, 1.82) is 0 Å². The van der Waals surface area contributed by atoms with Gasteiger partial charge in [-0.2, -0.15) is 0 Å². The van der Waals surface area contributed by atoms with Gasteiger partial charge in [-0.1, -0.05) is 18.2 Å². The average Bonchev–Trinajstić information content (AvgIpc) is 2.53. The molecule has 0 radical (unpaired) electrons. The van der Waals surface area contributed by atoms with Gasteiger partial charge in [-0.25, -0.2) is 13.2 Å². The molecule has 0 saturated heterocycles. The number of benzene rings is 1. The highest BCUT2D eigenvalue weighted by molar-refractivity contribution is 5.27. The molecule has 0 spiro atoms. The van der Waals surface area contributed by atoms with Crippen molar-refractivity contribution in [1.82, 2.24) is 0 Å². The molecule has 0 heterocycles. The highest BCUT2D eigenvalue weighted by Gasteiger charge is 2.52. The van der Waals surface area contributed by atoms with Crippen LogP contribution in [-0.4, -0.2) is 17.1 Å². The molecular formula is C13H16F3NO. The van der Waals surface area contributed by atoms with Crippen molar-refractivity contribution in [2.75, 3.05) is 0 Å². The van der Waals surface area contributed by atoms with Crippen LogP contribution in [0.15, 0.2) is 24.3 Å². The molecule has 2 rings (SSSR count). The van der Waals surface area contributed by atoms with Gasteiger partial charge in [0.15, 0.2) is 0 Å². The Morgan fingerprint density at radius 1 is 1.33 bits per heavy atom. The Bertz CT molecular complexity index is 448. The zero-order chi connectivity index (χ0) is 13.6. The summed E-state index contributed by atoms with van der Waals surface area (Å²) >= 11 is 0. The van der Waals surface area contributed by atoms with E-state index in [9.17, 15) is 18.3 Å². The summed E-state index contributed by atoms with van der Waals surface area (Å²) in [6, 6.07) is 5.82. The molecule has 3 atom stereocenters. The van der Waals surface area contributed by atoms with E-state index >= 15 is 0 Å². The van der Waals surface area contributed by atoms with Gasteiger partial charge in [-0.05, 0) is 13.0 Å². The summed E-state index contributed by atoms with van der Waals surface area (Å²) in [5.74, 6) is -4.33. The lowest BCUT2D eigenvalue weighted by molar-refractivity contribution is -0.00446. The van der Waals surface area contributed by atoms with Gasteiger partial charge in [0.1, 0.15) is 5.82 Å². The first kappa shape index (κ1) is 13.4. The van der Waals surface area contributed by atoms with Crippen molar-refractivity contribution >= 4 is 0 Å². The molecule has 0 aromatic heterocycles. The molecule has 3 N–H and O–H groups in total. The molecule has 1 fully saturated rings. The lowest BCUT2D eigenvalue weighted by atomic mass is 9.78. The monoisotopic (exact) mass is 259 g/mol.